The van der Waals surface area contributed by atoms with Gasteiger partial charge in [0.05, 0.1) is 13.1 Å². The standard InChI is InChI=1S/C15H16NO2P/c17-19(15-9-5-2-6-10-15)16(11-12-18-19)13-14-7-3-1-4-8-14/h1-10H,11-13H2. The number of benzene rings is 2. The van der Waals surface area contributed by atoms with Gasteiger partial charge in [0.25, 0.3) is 0 Å². The Morgan fingerprint density at radius 2 is 1.63 bits per heavy atom. The van der Waals surface area contributed by atoms with Gasteiger partial charge in [-0.2, -0.15) is 0 Å². The third-order valence-corrected chi connectivity index (χ3v) is 5.85. The summed E-state index contributed by atoms with van der Waals surface area (Å²) in [6, 6.07) is 19.6. The minimum absolute atomic E-state index is 0.527. The predicted octanol–water partition coefficient (Wildman–Crippen LogP) is 1.97. The van der Waals surface area contributed by atoms with Crippen molar-refractivity contribution in [1.82, 2.24) is 4.67 Å². The van der Waals surface area contributed by atoms with Crippen molar-refractivity contribution < 1.29 is 9.42 Å². The van der Waals surface area contributed by atoms with Crippen molar-refractivity contribution in [3.63, 3.8) is 0 Å². The van der Waals surface area contributed by atoms with E-state index in [2.05, 4.69) is 0 Å². The molecule has 0 spiro atoms. The SMILES string of the molecule is [O-][P+]1(c2ccccc2)OCCN1Cc1ccccc1. The van der Waals surface area contributed by atoms with E-state index in [0.29, 0.717) is 19.7 Å². The zero-order valence-electron chi connectivity index (χ0n) is 10.6. The molecule has 1 saturated heterocycles. The van der Waals surface area contributed by atoms with Gasteiger partial charge in [0.15, 0.2) is 0 Å². The Labute approximate surface area is 114 Å². The van der Waals surface area contributed by atoms with Gasteiger partial charge in [0.1, 0.15) is 11.9 Å². The van der Waals surface area contributed by atoms with Gasteiger partial charge >= 0.3 is 0 Å². The molecule has 1 heterocycles. The number of rotatable bonds is 3. The van der Waals surface area contributed by atoms with Crippen LogP contribution in [0.4, 0.5) is 0 Å². The molecule has 0 aromatic heterocycles. The second kappa shape index (κ2) is 5.40. The fourth-order valence-electron chi connectivity index (χ4n) is 2.30. The van der Waals surface area contributed by atoms with Crippen LogP contribution in [0.2, 0.25) is 0 Å². The van der Waals surface area contributed by atoms with Crippen LogP contribution in [-0.2, 0) is 11.1 Å². The Morgan fingerprint density at radius 1 is 1.00 bits per heavy atom. The highest BCUT2D eigenvalue weighted by Crippen LogP contribution is 2.57. The van der Waals surface area contributed by atoms with Gasteiger partial charge in [-0.05, 0) is 17.7 Å². The lowest BCUT2D eigenvalue weighted by Gasteiger charge is -2.31. The second-order valence-electron chi connectivity index (χ2n) is 4.56. The van der Waals surface area contributed by atoms with E-state index in [1.807, 2.05) is 65.3 Å². The Hall–Kier alpha value is -1.25. The zero-order valence-corrected chi connectivity index (χ0v) is 11.5. The Kier molecular flexibility index (Phi) is 3.63. The average Bonchev–Trinajstić information content (AvgIpc) is 2.84. The van der Waals surface area contributed by atoms with E-state index in [1.54, 1.807) is 0 Å². The molecule has 98 valence electrons. The van der Waals surface area contributed by atoms with Crippen molar-refractivity contribution in [3.05, 3.63) is 66.2 Å². The fraction of sp³-hybridized carbons (Fsp3) is 0.200. The van der Waals surface area contributed by atoms with Crippen LogP contribution < -0.4 is 10.2 Å². The summed E-state index contributed by atoms with van der Waals surface area (Å²) in [4.78, 5) is 13.1. The topological polar surface area (TPSA) is 35.5 Å². The van der Waals surface area contributed by atoms with Gasteiger partial charge < -0.3 is 4.89 Å². The van der Waals surface area contributed by atoms with Crippen LogP contribution in [0.3, 0.4) is 0 Å². The summed E-state index contributed by atoms with van der Waals surface area (Å²) in [6.45, 7) is 1.90. The molecule has 1 atom stereocenters. The molecule has 3 nitrogen and oxygen atoms in total. The van der Waals surface area contributed by atoms with Gasteiger partial charge in [-0.3, -0.25) is 0 Å². The van der Waals surface area contributed by atoms with E-state index >= 15 is 0 Å². The van der Waals surface area contributed by atoms with E-state index in [-0.39, 0.29) is 0 Å². The Bertz CT molecular complexity index is 534. The van der Waals surface area contributed by atoms with Gasteiger partial charge in [0.2, 0.25) is 7.87 Å². The first kappa shape index (κ1) is 12.8. The highest BCUT2D eigenvalue weighted by Gasteiger charge is 2.44. The smallest absolute Gasteiger partial charge is 0.208 e. The highest BCUT2D eigenvalue weighted by molar-refractivity contribution is 7.69. The molecule has 1 unspecified atom stereocenters. The summed E-state index contributed by atoms with van der Waals surface area (Å²) < 4.78 is 7.55. The first-order valence-electron chi connectivity index (χ1n) is 6.38. The summed E-state index contributed by atoms with van der Waals surface area (Å²) >= 11 is 0. The maximum absolute atomic E-state index is 13.1. The molecule has 0 aliphatic carbocycles. The molecule has 1 fully saturated rings. The lowest BCUT2D eigenvalue weighted by molar-refractivity contribution is -0.194. The normalized spacial score (nSPS) is 23.6. The summed E-state index contributed by atoms with van der Waals surface area (Å²) in [5, 5.41) is 0.781. The van der Waals surface area contributed by atoms with Crippen LogP contribution in [0.1, 0.15) is 5.56 Å². The van der Waals surface area contributed by atoms with Crippen LogP contribution in [0.25, 0.3) is 0 Å². The molecular formula is C15H16NO2P. The van der Waals surface area contributed by atoms with Gasteiger partial charge in [0, 0.05) is 0 Å². The van der Waals surface area contributed by atoms with Crippen molar-refractivity contribution in [2.75, 3.05) is 13.2 Å². The van der Waals surface area contributed by atoms with Crippen molar-refractivity contribution >= 4 is 13.2 Å². The summed E-state index contributed by atoms with van der Waals surface area (Å²) in [7, 11) is -2.86. The van der Waals surface area contributed by atoms with E-state index in [4.69, 9.17) is 4.52 Å². The molecule has 0 saturated carbocycles. The van der Waals surface area contributed by atoms with Crippen LogP contribution >= 0.6 is 7.87 Å². The van der Waals surface area contributed by atoms with Crippen molar-refractivity contribution in [2.24, 2.45) is 0 Å². The third kappa shape index (κ3) is 2.56. The molecule has 4 heteroatoms. The first-order chi connectivity index (χ1) is 9.29. The fourth-order valence-corrected chi connectivity index (χ4v) is 4.52. The number of hydrogen-bond donors (Lipinski definition) is 0. The van der Waals surface area contributed by atoms with Gasteiger partial charge in [-0.25, -0.2) is 4.52 Å². The third-order valence-electron chi connectivity index (χ3n) is 3.28. The number of hydrogen-bond acceptors (Lipinski definition) is 3. The quantitative estimate of drug-likeness (QED) is 0.802. The van der Waals surface area contributed by atoms with E-state index < -0.39 is 7.87 Å². The number of nitrogens with zero attached hydrogens (tertiary/aromatic N) is 1. The largest absolute Gasteiger partial charge is 0.637 e. The summed E-state index contributed by atoms with van der Waals surface area (Å²) in [5.41, 5.74) is 1.16. The van der Waals surface area contributed by atoms with Crippen molar-refractivity contribution in [3.8, 4) is 0 Å². The monoisotopic (exact) mass is 273 g/mol. The zero-order chi connectivity index (χ0) is 13.1. The lowest BCUT2D eigenvalue weighted by atomic mass is 10.2. The Morgan fingerprint density at radius 3 is 2.32 bits per heavy atom. The lowest BCUT2D eigenvalue weighted by Crippen LogP contribution is -2.33. The molecule has 0 N–H and O–H groups in total. The van der Waals surface area contributed by atoms with Crippen LogP contribution in [0.5, 0.6) is 0 Å². The van der Waals surface area contributed by atoms with E-state index in [0.717, 1.165) is 10.9 Å². The maximum atomic E-state index is 13.1. The Balaban J connectivity index is 1.85. The molecule has 1 aliphatic rings. The molecule has 0 amide bonds. The molecule has 2 aromatic rings. The first-order valence-corrected chi connectivity index (χ1v) is 7.96. The van der Waals surface area contributed by atoms with Crippen LogP contribution in [0, 0.1) is 0 Å². The van der Waals surface area contributed by atoms with Gasteiger partial charge in [-0.1, -0.05) is 48.5 Å². The molecule has 1 aliphatic heterocycles. The summed E-state index contributed by atoms with van der Waals surface area (Å²) in [6.07, 6.45) is 0. The van der Waals surface area contributed by atoms with E-state index in [1.165, 1.54) is 0 Å². The summed E-state index contributed by atoms with van der Waals surface area (Å²) in [5.74, 6) is 0. The molecular weight excluding hydrogens is 257 g/mol. The minimum Gasteiger partial charge on any atom is -0.637 e. The minimum atomic E-state index is -2.86. The predicted molar refractivity (Wildman–Crippen MR) is 75.8 cm³/mol. The van der Waals surface area contributed by atoms with E-state index in [9.17, 15) is 4.89 Å². The molecule has 3 rings (SSSR count). The highest BCUT2D eigenvalue weighted by atomic mass is 31.2. The van der Waals surface area contributed by atoms with Crippen LogP contribution in [0.15, 0.2) is 60.7 Å². The van der Waals surface area contributed by atoms with Crippen LogP contribution in [-0.4, -0.2) is 17.8 Å². The van der Waals surface area contributed by atoms with Gasteiger partial charge in [-0.15, -0.1) is 4.67 Å². The molecule has 19 heavy (non-hydrogen) atoms. The maximum Gasteiger partial charge on any atom is 0.208 e. The van der Waals surface area contributed by atoms with Crippen molar-refractivity contribution in [2.45, 2.75) is 6.54 Å². The molecule has 0 radical (unpaired) electrons. The molecule has 2 aromatic carbocycles. The van der Waals surface area contributed by atoms with Crippen molar-refractivity contribution in [1.29, 1.82) is 0 Å². The molecule has 0 bridgehead atoms. The second-order valence-corrected chi connectivity index (χ2v) is 6.94. The average molecular weight is 273 g/mol.